The number of fused-ring (bicyclic) bond motifs is 1. The van der Waals surface area contributed by atoms with Crippen molar-refractivity contribution in [2.24, 2.45) is 11.8 Å². The number of nitrogens with zero attached hydrogens (tertiary/aromatic N) is 2. The van der Waals surface area contributed by atoms with Crippen molar-refractivity contribution in [3.05, 3.63) is 46.9 Å². The molecule has 2 fully saturated rings. The SMILES string of the molecule is O=C(C[C@H]1OC[C@H]2CN(Cc3cccs3)CC[C@H]21)Nc1cccnc1. The monoisotopic (exact) mass is 357 g/mol. The number of piperidine rings is 1. The number of ether oxygens (including phenoxy) is 1. The maximum Gasteiger partial charge on any atom is 0.227 e. The van der Waals surface area contributed by atoms with E-state index in [2.05, 4.69) is 32.7 Å². The zero-order chi connectivity index (χ0) is 17.1. The Morgan fingerprint density at radius 3 is 3.16 bits per heavy atom. The van der Waals surface area contributed by atoms with Crippen LogP contribution in [0.25, 0.3) is 0 Å². The molecule has 0 bridgehead atoms. The fraction of sp³-hybridized carbons (Fsp3) is 0.474. The Balaban J connectivity index is 1.29. The van der Waals surface area contributed by atoms with Gasteiger partial charge in [-0.05, 0) is 42.5 Å². The molecule has 0 aromatic carbocycles. The second kappa shape index (κ2) is 7.64. The average Bonchev–Trinajstić information content (AvgIpc) is 3.26. The highest BCUT2D eigenvalue weighted by atomic mass is 32.1. The zero-order valence-electron chi connectivity index (χ0n) is 14.1. The second-order valence-corrected chi connectivity index (χ2v) is 7.93. The number of pyridine rings is 1. The summed E-state index contributed by atoms with van der Waals surface area (Å²) >= 11 is 1.82. The number of amides is 1. The molecule has 5 nitrogen and oxygen atoms in total. The molecule has 132 valence electrons. The summed E-state index contributed by atoms with van der Waals surface area (Å²) in [5.41, 5.74) is 0.743. The molecule has 0 radical (unpaired) electrons. The molecule has 25 heavy (non-hydrogen) atoms. The van der Waals surface area contributed by atoms with Gasteiger partial charge in [-0.3, -0.25) is 14.7 Å². The Morgan fingerprint density at radius 2 is 2.36 bits per heavy atom. The summed E-state index contributed by atoms with van der Waals surface area (Å²) in [6, 6.07) is 7.99. The largest absolute Gasteiger partial charge is 0.377 e. The lowest BCUT2D eigenvalue weighted by Gasteiger charge is -2.35. The van der Waals surface area contributed by atoms with E-state index in [4.69, 9.17) is 4.74 Å². The van der Waals surface area contributed by atoms with Crippen molar-refractivity contribution in [2.45, 2.75) is 25.5 Å². The Hall–Kier alpha value is -1.76. The van der Waals surface area contributed by atoms with E-state index in [0.717, 1.165) is 38.3 Å². The number of rotatable bonds is 5. The molecular weight excluding hydrogens is 334 g/mol. The average molecular weight is 357 g/mol. The van der Waals surface area contributed by atoms with E-state index in [-0.39, 0.29) is 12.0 Å². The van der Waals surface area contributed by atoms with E-state index >= 15 is 0 Å². The van der Waals surface area contributed by atoms with Gasteiger partial charge in [0.05, 0.1) is 31.0 Å². The van der Waals surface area contributed by atoms with Gasteiger partial charge in [0.25, 0.3) is 0 Å². The lowest BCUT2D eigenvalue weighted by Crippen LogP contribution is -2.41. The minimum absolute atomic E-state index is 0.0136. The van der Waals surface area contributed by atoms with Gasteiger partial charge >= 0.3 is 0 Å². The first-order valence-corrected chi connectivity index (χ1v) is 9.72. The molecular formula is C19H23N3O2S. The van der Waals surface area contributed by atoms with Crippen LogP contribution >= 0.6 is 11.3 Å². The molecule has 2 aliphatic rings. The van der Waals surface area contributed by atoms with Crippen molar-refractivity contribution >= 4 is 22.9 Å². The zero-order valence-corrected chi connectivity index (χ0v) is 15.0. The first-order valence-electron chi connectivity index (χ1n) is 8.84. The number of anilines is 1. The van der Waals surface area contributed by atoms with Crippen LogP contribution in [0.5, 0.6) is 0 Å². The normalized spacial score (nSPS) is 26.3. The maximum absolute atomic E-state index is 12.3. The standard InChI is InChI=1S/C19H23N3O2S/c23-19(21-15-3-1-6-20-10-15)9-18-17-5-7-22(11-14(17)13-24-18)12-16-4-2-8-25-16/h1-4,6,8,10,14,17-18H,5,7,9,11-13H2,(H,21,23)/t14-,17-,18-/m1/s1. The molecule has 2 aliphatic heterocycles. The summed E-state index contributed by atoms with van der Waals surface area (Å²) in [7, 11) is 0. The predicted molar refractivity (Wildman–Crippen MR) is 98.4 cm³/mol. The van der Waals surface area contributed by atoms with Crippen LogP contribution in [0.1, 0.15) is 17.7 Å². The molecule has 2 aromatic rings. The number of hydrogen-bond acceptors (Lipinski definition) is 5. The van der Waals surface area contributed by atoms with Gasteiger partial charge < -0.3 is 10.1 Å². The molecule has 4 heterocycles. The molecule has 2 saturated heterocycles. The number of likely N-dealkylation sites (tertiary alicyclic amines) is 1. The molecule has 4 rings (SSSR count). The minimum atomic E-state index is 0.0136. The van der Waals surface area contributed by atoms with E-state index < -0.39 is 0 Å². The van der Waals surface area contributed by atoms with Crippen LogP contribution in [0.4, 0.5) is 5.69 Å². The Kier molecular flexibility index (Phi) is 5.10. The van der Waals surface area contributed by atoms with Crippen LogP contribution in [-0.4, -0.2) is 41.6 Å². The van der Waals surface area contributed by atoms with Crippen molar-refractivity contribution in [3.63, 3.8) is 0 Å². The van der Waals surface area contributed by atoms with E-state index in [1.807, 2.05) is 23.5 Å². The number of carbonyl (C=O) groups is 1. The molecule has 0 spiro atoms. The molecule has 0 unspecified atom stereocenters. The molecule has 1 N–H and O–H groups in total. The van der Waals surface area contributed by atoms with Crippen molar-refractivity contribution in [1.82, 2.24) is 9.88 Å². The number of hydrogen-bond donors (Lipinski definition) is 1. The predicted octanol–water partition coefficient (Wildman–Crippen LogP) is 3.01. The number of thiophene rings is 1. The van der Waals surface area contributed by atoms with Crippen molar-refractivity contribution in [3.8, 4) is 0 Å². The van der Waals surface area contributed by atoms with Gasteiger partial charge in [-0.25, -0.2) is 0 Å². The van der Waals surface area contributed by atoms with Gasteiger partial charge in [-0.15, -0.1) is 11.3 Å². The number of aromatic nitrogens is 1. The summed E-state index contributed by atoms with van der Waals surface area (Å²) in [6.45, 7) is 3.97. The van der Waals surface area contributed by atoms with E-state index in [1.54, 1.807) is 12.4 Å². The Labute approximate surface area is 152 Å². The summed E-state index contributed by atoms with van der Waals surface area (Å²) in [6.07, 6.45) is 4.95. The van der Waals surface area contributed by atoms with Gasteiger partial charge in [-0.1, -0.05) is 6.07 Å². The summed E-state index contributed by atoms with van der Waals surface area (Å²) < 4.78 is 5.99. The van der Waals surface area contributed by atoms with Crippen LogP contribution in [0, 0.1) is 11.8 Å². The lowest BCUT2D eigenvalue weighted by molar-refractivity contribution is -0.118. The van der Waals surface area contributed by atoms with Crippen molar-refractivity contribution in [1.29, 1.82) is 0 Å². The van der Waals surface area contributed by atoms with E-state index in [1.165, 1.54) is 4.88 Å². The third kappa shape index (κ3) is 4.08. The molecule has 1 amide bonds. The third-order valence-corrected chi connectivity index (χ3v) is 6.03. The molecule has 0 aliphatic carbocycles. The third-order valence-electron chi connectivity index (χ3n) is 5.17. The molecule has 6 heteroatoms. The smallest absolute Gasteiger partial charge is 0.227 e. The Morgan fingerprint density at radius 1 is 1.40 bits per heavy atom. The fourth-order valence-electron chi connectivity index (χ4n) is 3.97. The molecule has 0 saturated carbocycles. The van der Waals surface area contributed by atoms with Gasteiger partial charge in [0.2, 0.25) is 5.91 Å². The van der Waals surface area contributed by atoms with Gasteiger partial charge in [0, 0.05) is 30.1 Å². The van der Waals surface area contributed by atoms with Crippen LogP contribution in [0.2, 0.25) is 0 Å². The first-order chi connectivity index (χ1) is 12.3. The number of carbonyl (C=O) groups excluding carboxylic acids is 1. The summed E-state index contributed by atoms with van der Waals surface area (Å²) in [5, 5.41) is 5.05. The fourth-order valence-corrected chi connectivity index (χ4v) is 4.72. The maximum atomic E-state index is 12.3. The Bertz CT molecular complexity index is 692. The summed E-state index contributed by atoms with van der Waals surface area (Å²) in [4.78, 5) is 20.3. The van der Waals surface area contributed by atoms with Crippen LogP contribution in [0.3, 0.4) is 0 Å². The van der Waals surface area contributed by atoms with Crippen LogP contribution in [0.15, 0.2) is 42.0 Å². The second-order valence-electron chi connectivity index (χ2n) is 6.89. The van der Waals surface area contributed by atoms with Crippen LogP contribution < -0.4 is 5.32 Å². The van der Waals surface area contributed by atoms with Gasteiger partial charge in [0.15, 0.2) is 0 Å². The highest BCUT2D eigenvalue weighted by Crippen LogP contribution is 2.36. The van der Waals surface area contributed by atoms with Crippen LogP contribution in [-0.2, 0) is 16.1 Å². The molecule has 2 aromatic heterocycles. The molecule has 3 atom stereocenters. The topological polar surface area (TPSA) is 54.5 Å². The summed E-state index contributed by atoms with van der Waals surface area (Å²) in [5.74, 6) is 1.06. The quantitative estimate of drug-likeness (QED) is 0.894. The van der Waals surface area contributed by atoms with Gasteiger partial charge in [0.1, 0.15) is 0 Å². The lowest BCUT2D eigenvalue weighted by atomic mass is 9.83. The van der Waals surface area contributed by atoms with E-state index in [9.17, 15) is 4.79 Å². The van der Waals surface area contributed by atoms with Crippen molar-refractivity contribution in [2.75, 3.05) is 25.0 Å². The first kappa shape index (κ1) is 16.7. The minimum Gasteiger partial charge on any atom is -0.377 e. The van der Waals surface area contributed by atoms with E-state index in [0.29, 0.717) is 18.3 Å². The van der Waals surface area contributed by atoms with Crippen molar-refractivity contribution < 1.29 is 9.53 Å². The highest BCUT2D eigenvalue weighted by molar-refractivity contribution is 7.09. The van der Waals surface area contributed by atoms with Gasteiger partial charge in [-0.2, -0.15) is 0 Å². The highest BCUT2D eigenvalue weighted by Gasteiger charge is 2.41. The number of nitrogens with one attached hydrogen (secondary N) is 1.